The highest BCUT2D eigenvalue weighted by atomic mass is 32.1. The fraction of sp³-hybridized carbons (Fsp3) is 0.300. The zero-order valence-electron chi connectivity index (χ0n) is 14.8. The topological polar surface area (TPSA) is 47.6 Å². The highest BCUT2D eigenvalue weighted by Gasteiger charge is 2.06. The Morgan fingerprint density at radius 1 is 1.04 bits per heavy atom. The summed E-state index contributed by atoms with van der Waals surface area (Å²) < 4.78 is 10.7. The number of aryl methyl sites for hydroxylation is 2. The van der Waals surface area contributed by atoms with Crippen molar-refractivity contribution < 1.29 is 14.3 Å². The van der Waals surface area contributed by atoms with Gasteiger partial charge in [0.05, 0.1) is 18.6 Å². The predicted molar refractivity (Wildman–Crippen MR) is 104 cm³/mol. The van der Waals surface area contributed by atoms with E-state index in [0.29, 0.717) is 17.2 Å². The molecule has 0 radical (unpaired) electrons. The Kier molecular flexibility index (Phi) is 6.95. The van der Waals surface area contributed by atoms with Crippen LogP contribution in [0.3, 0.4) is 0 Å². The molecule has 4 nitrogen and oxygen atoms in total. The number of carbonyl (C=O) groups is 1. The summed E-state index contributed by atoms with van der Waals surface area (Å²) in [6.45, 7) is 4.25. The van der Waals surface area contributed by atoms with Crippen molar-refractivity contribution in [1.29, 1.82) is 0 Å². The number of carbonyl (C=O) groups excluding carboxylic acids is 1. The Hall–Kier alpha value is -2.40. The van der Waals surface area contributed by atoms with Gasteiger partial charge in [0, 0.05) is 6.42 Å². The second-order valence-corrected chi connectivity index (χ2v) is 6.37. The fourth-order valence-corrected chi connectivity index (χ4v) is 2.45. The number of hydrogen-bond acceptors (Lipinski definition) is 4. The molecule has 0 bridgehead atoms. The predicted octanol–water partition coefficient (Wildman–Crippen LogP) is 3.42. The van der Waals surface area contributed by atoms with Gasteiger partial charge in [-0.1, -0.05) is 30.4 Å². The van der Waals surface area contributed by atoms with Crippen molar-refractivity contribution >= 4 is 23.0 Å². The summed E-state index contributed by atoms with van der Waals surface area (Å²) in [4.78, 5) is 12.6. The molecule has 2 aromatic carbocycles. The number of hydrogen-bond donors (Lipinski definition) is 1. The second-order valence-electron chi connectivity index (χ2n) is 5.87. The van der Waals surface area contributed by atoms with Crippen LogP contribution in [-0.2, 0) is 11.2 Å². The molecule has 0 unspecified atom stereocenters. The molecule has 0 spiro atoms. The van der Waals surface area contributed by atoms with E-state index < -0.39 is 0 Å². The molecular formula is C20H23NO3S. The lowest BCUT2D eigenvalue weighted by Gasteiger charge is -2.10. The minimum absolute atomic E-state index is 0.0284. The molecule has 1 N–H and O–H groups in total. The normalized spacial score (nSPS) is 10.2. The Bertz CT molecular complexity index is 741. The molecule has 2 rings (SSSR count). The zero-order chi connectivity index (χ0) is 18.2. The molecule has 0 amide bonds. The van der Waals surface area contributed by atoms with E-state index in [4.69, 9.17) is 21.7 Å². The van der Waals surface area contributed by atoms with Crippen LogP contribution in [0.25, 0.3) is 0 Å². The number of Topliss-reactive ketones (excluding diaryl/α,β-unsaturated/α-hetero) is 1. The van der Waals surface area contributed by atoms with Gasteiger partial charge in [-0.25, -0.2) is 0 Å². The summed E-state index contributed by atoms with van der Waals surface area (Å²) in [5.74, 6) is 1.47. The van der Waals surface area contributed by atoms with Crippen LogP contribution in [0.5, 0.6) is 11.5 Å². The van der Waals surface area contributed by atoms with E-state index in [0.717, 1.165) is 16.9 Å². The minimum atomic E-state index is -0.0460. The third-order valence-corrected chi connectivity index (χ3v) is 4.17. The zero-order valence-corrected chi connectivity index (χ0v) is 15.6. The molecule has 0 fully saturated rings. The molecule has 0 heterocycles. The first-order chi connectivity index (χ1) is 12.0. The summed E-state index contributed by atoms with van der Waals surface area (Å²) in [5, 5.41) is 2.99. The number of ketones is 1. The Balaban J connectivity index is 1.73. The maximum atomic E-state index is 11.9. The maximum absolute atomic E-state index is 11.9. The maximum Gasteiger partial charge on any atom is 0.189 e. The van der Waals surface area contributed by atoms with Crippen LogP contribution in [0.2, 0.25) is 0 Å². The average molecular weight is 357 g/mol. The summed E-state index contributed by atoms with van der Waals surface area (Å²) in [5.41, 5.74) is 3.41. The molecule has 0 aliphatic carbocycles. The average Bonchev–Trinajstić information content (AvgIpc) is 2.61. The smallest absolute Gasteiger partial charge is 0.189 e. The third-order valence-electron chi connectivity index (χ3n) is 3.88. The number of benzene rings is 2. The van der Waals surface area contributed by atoms with Crippen molar-refractivity contribution in [3.8, 4) is 11.5 Å². The van der Waals surface area contributed by atoms with Crippen LogP contribution in [0.4, 0.5) is 0 Å². The number of rotatable bonds is 8. The van der Waals surface area contributed by atoms with Gasteiger partial charge in [-0.05, 0) is 54.8 Å². The van der Waals surface area contributed by atoms with E-state index in [-0.39, 0.29) is 18.9 Å². The van der Waals surface area contributed by atoms with E-state index in [1.54, 1.807) is 7.11 Å². The number of nitrogens with one attached hydrogen (secondary N) is 1. The van der Waals surface area contributed by atoms with Crippen molar-refractivity contribution in [3.05, 3.63) is 59.2 Å². The van der Waals surface area contributed by atoms with E-state index in [9.17, 15) is 4.79 Å². The van der Waals surface area contributed by atoms with Gasteiger partial charge in [-0.15, -0.1) is 0 Å². The first-order valence-electron chi connectivity index (χ1n) is 8.09. The minimum Gasteiger partial charge on any atom is -0.497 e. The van der Waals surface area contributed by atoms with Gasteiger partial charge >= 0.3 is 0 Å². The second kappa shape index (κ2) is 9.18. The molecule has 25 heavy (non-hydrogen) atoms. The molecule has 0 saturated carbocycles. The van der Waals surface area contributed by atoms with Gasteiger partial charge in [0.15, 0.2) is 5.78 Å². The standard InChI is InChI=1S/C20H23NO3S/c1-14-4-7-19(10-15(14)2)24-13-17(22)12-21-20(25)11-16-5-8-18(23-3)9-6-16/h4-10H,11-13H2,1-3H3,(H,21,25). The van der Waals surface area contributed by atoms with Crippen molar-refractivity contribution in [2.24, 2.45) is 0 Å². The number of ether oxygens (including phenoxy) is 2. The van der Waals surface area contributed by atoms with Crippen molar-refractivity contribution in [2.75, 3.05) is 20.3 Å². The molecule has 0 atom stereocenters. The monoisotopic (exact) mass is 357 g/mol. The van der Waals surface area contributed by atoms with Crippen molar-refractivity contribution in [3.63, 3.8) is 0 Å². The quantitative estimate of drug-likeness (QED) is 0.734. The lowest BCUT2D eigenvalue weighted by atomic mass is 10.1. The summed E-state index contributed by atoms with van der Waals surface area (Å²) >= 11 is 5.29. The van der Waals surface area contributed by atoms with Crippen molar-refractivity contribution in [1.82, 2.24) is 5.32 Å². The molecule has 0 aliphatic rings. The largest absolute Gasteiger partial charge is 0.497 e. The lowest BCUT2D eigenvalue weighted by molar-refractivity contribution is -0.119. The van der Waals surface area contributed by atoms with Crippen LogP contribution < -0.4 is 14.8 Å². The lowest BCUT2D eigenvalue weighted by Crippen LogP contribution is -2.32. The highest BCUT2D eigenvalue weighted by Crippen LogP contribution is 2.16. The third kappa shape index (κ3) is 6.19. The molecular weight excluding hydrogens is 334 g/mol. The summed E-state index contributed by atoms with van der Waals surface area (Å²) in [6.07, 6.45) is 0.588. The molecule has 0 aliphatic heterocycles. The molecule has 5 heteroatoms. The van der Waals surface area contributed by atoms with E-state index in [2.05, 4.69) is 5.32 Å². The summed E-state index contributed by atoms with van der Waals surface area (Å²) in [7, 11) is 1.63. The molecule has 132 valence electrons. The Morgan fingerprint density at radius 3 is 2.36 bits per heavy atom. The molecule has 2 aromatic rings. The van der Waals surface area contributed by atoms with Crippen molar-refractivity contribution in [2.45, 2.75) is 20.3 Å². The summed E-state index contributed by atoms with van der Waals surface area (Å²) in [6, 6.07) is 13.5. The van der Waals surface area contributed by atoms with Gasteiger partial charge in [0.25, 0.3) is 0 Å². The van der Waals surface area contributed by atoms with Gasteiger partial charge < -0.3 is 14.8 Å². The van der Waals surface area contributed by atoms with Crippen LogP contribution >= 0.6 is 12.2 Å². The first-order valence-corrected chi connectivity index (χ1v) is 8.50. The SMILES string of the molecule is COc1ccc(CC(=S)NCC(=O)COc2ccc(C)c(C)c2)cc1. The Labute approximate surface area is 154 Å². The highest BCUT2D eigenvalue weighted by molar-refractivity contribution is 7.80. The van der Waals surface area contributed by atoms with E-state index >= 15 is 0 Å². The van der Waals surface area contributed by atoms with E-state index in [1.807, 2.05) is 56.3 Å². The fourth-order valence-electron chi connectivity index (χ4n) is 2.21. The van der Waals surface area contributed by atoms with Crippen LogP contribution in [0.1, 0.15) is 16.7 Å². The van der Waals surface area contributed by atoms with Crippen LogP contribution in [0.15, 0.2) is 42.5 Å². The number of thiocarbonyl (C=S) groups is 1. The molecule has 0 saturated heterocycles. The molecule has 0 aromatic heterocycles. The van der Waals surface area contributed by atoms with E-state index in [1.165, 1.54) is 5.56 Å². The van der Waals surface area contributed by atoms with Gasteiger partial charge in [-0.3, -0.25) is 4.79 Å². The number of methoxy groups -OCH3 is 1. The Morgan fingerprint density at radius 2 is 1.72 bits per heavy atom. The first kappa shape index (κ1) is 18.9. The van der Waals surface area contributed by atoms with Gasteiger partial charge in [0.2, 0.25) is 0 Å². The van der Waals surface area contributed by atoms with Crippen LogP contribution in [-0.4, -0.2) is 31.0 Å². The van der Waals surface area contributed by atoms with Gasteiger partial charge in [0.1, 0.15) is 18.1 Å². The van der Waals surface area contributed by atoms with Crippen LogP contribution in [0, 0.1) is 13.8 Å². The van der Waals surface area contributed by atoms with Gasteiger partial charge in [-0.2, -0.15) is 0 Å².